The highest BCUT2D eigenvalue weighted by Gasteiger charge is 2.25. The summed E-state index contributed by atoms with van der Waals surface area (Å²) in [7, 11) is 0. The summed E-state index contributed by atoms with van der Waals surface area (Å²) in [6.45, 7) is 4.35. The molecular weight excluding hydrogens is 264 g/mol. The summed E-state index contributed by atoms with van der Waals surface area (Å²) < 4.78 is 0. The molecule has 2 fully saturated rings. The summed E-state index contributed by atoms with van der Waals surface area (Å²) in [6.07, 6.45) is 5.56. The maximum atomic E-state index is 4.60. The van der Waals surface area contributed by atoms with Crippen molar-refractivity contribution in [2.24, 2.45) is 5.92 Å². The maximum absolute atomic E-state index is 4.60. The monoisotopic (exact) mass is 284 g/mol. The molecule has 0 aromatic carbocycles. The van der Waals surface area contributed by atoms with Crippen molar-refractivity contribution in [1.82, 2.24) is 20.2 Å². The predicted octanol–water partition coefficient (Wildman–Crippen LogP) is 2.67. The molecule has 0 radical (unpaired) electrons. The molecule has 0 spiro atoms. The summed E-state index contributed by atoms with van der Waals surface area (Å²) >= 11 is 0. The van der Waals surface area contributed by atoms with E-state index in [0.29, 0.717) is 5.92 Å². The van der Waals surface area contributed by atoms with Crippen LogP contribution in [-0.4, -0.2) is 33.3 Å². The molecule has 4 rings (SSSR count). The summed E-state index contributed by atoms with van der Waals surface area (Å²) in [5.41, 5.74) is 1.22. The second-order valence-corrected chi connectivity index (χ2v) is 6.19. The van der Waals surface area contributed by atoms with Gasteiger partial charge in [-0.05, 0) is 31.2 Å². The molecular formula is C15H20N6. The van der Waals surface area contributed by atoms with E-state index in [2.05, 4.69) is 43.4 Å². The number of nitrogens with one attached hydrogen (secondary N) is 2. The number of anilines is 3. The quantitative estimate of drug-likeness (QED) is 0.903. The van der Waals surface area contributed by atoms with Crippen LogP contribution in [0, 0.1) is 5.92 Å². The molecule has 1 aliphatic heterocycles. The van der Waals surface area contributed by atoms with E-state index in [1.54, 1.807) is 0 Å². The molecule has 6 heteroatoms. The summed E-state index contributed by atoms with van der Waals surface area (Å²) in [5.74, 6) is 3.84. The van der Waals surface area contributed by atoms with E-state index in [9.17, 15) is 0 Å². The van der Waals surface area contributed by atoms with Crippen LogP contribution < -0.4 is 10.2 Å². The van der Waals surface area contributed by atoms with E-state index in [0.717, 1.165) is 36.6 Å². The molecule has 110 valence electrons. The first-order valence-electron chi connectivity index (χ1n) is 7.68. The smallest absolute Gasteiger partial charge is 0.227 e. The van der Waals surface area contributed by atoms with E-state index in [4.69, 9.17) is 0 Å². The molecule has 2 aliphatic rings. The van der Waals surface area contributed by atoms with Crippen molar-refractivity contribution in [2.75, 3.05) is 23.3 Å². The van der Waals surface area contributed by atoms with Gasteiger partial charge in [-0.15, -0.1) is 0 Å². The Kier molecular flexibility index (Phi) is 3.02. The number of hydrogen-bond acceptors (Lipinski definition) is 5. The van der Waals surface area contributed by atoms with Crippen molar-refractivity contribution < 1.29 is 0 Å². The van der Waals surface area contributed by atoms with E-state index in [1.165, 1.54) is 25.0 Å². The Hall–Kier alpha value is -2.11. The molecule has 1 aliphatic carbocycles. The van der Waals surface area contributed by atoms with Gasteiger partial charge in [-0.3, -0.25) is 5.10 Å². The molecule has 1 atom stereocenters. The average Bonchev–Trinajstić information content (AvgIpc) is 3.09. The Labute approximate surface area is 124 Å². The molecule has 21 heavy (non-hydrogen) atoms. The fourth-order valence-corrected chi connectivity index (χ4v) is 2.82. The first-order valence-corrected chi connectivity index (χ1v) is 7.68. The van der Waals surface area contributed by atoms with Crippen LogP contribution in [0.15, 0.2) is 18.3 Å². The molecule has 2 aromatic rings. The van der Waals surface area contributed by atoms with Crippen LogP contribution in [0.4, 0.5) is 17.6 Å². The summed E-state index contributed by atoms with van der Waals surface area (Å²) in [5, 5.41) is 10.7. The number of rotatable bonds is 4. The highest BCUT2D eigenvalue weighted by Crippen LogP contribution is 2.39. The van der Waals surface area contributed by atoms with Gasteiger partial charge in [-0.1, -0.05) is 6.92 Å². The Balaban J connectivity index is 1.49. The van der Waals surface area contributed by atoms with Crippen LogP contribution in [0.5, 0.6) is 0 Å². The lowest BCUT2D eigenvalue weighted by molar-refractivity contribution is 0.658. The van der Waals surface area contributed by atoms with Crippen LogP contribution in [0.1, 0.15) is 37.8 Å². The lowest BCUT2D eigenvalue weighted by Crippen LogP contribution is -2.21. The number of hydrogen-bond donors (Lipinski definition) is 2. The molecule has 2 aromatic heterocycles. The fraction of sp³-hybridized carbons (Fsp3) is 0.533. The fourth-order valence-electron chi connectivity index (χ4n) is 2.82. The van der Waals surface area contributed by atoms with Crippen LogP contribution in [-0.2, 0) is 0 Å². The maximum Gasteiger partial charge on any atom is 0.227 e. The van der Waals surface area contributed by atoms with Crippen LogP contribution in [0.25, 0.3) is 0 Å². The highest BCUT2D eigenvalue weighted by molar-refractivity contribution is 5.53. The molecule has 6 nitrogen and oxygen atoms in total. The first kappa shape index (κ1) is 12.6. The van der Waals surface area contributed by atoms with Gasteiger partial charge in [-0.25, -0.2) is 4.98 Å². The van der Waals surface area contributed by atoms with Gasteiger partial charge < -0.3 is 10.2 Å². The molecule has 0 bridgehead atoms. The highest BCUT2D eigenvalue weighted by atomic mass is 15.3. The second-order valence-electron chi connectivity index (χ2n) is 6.19. The number of nitrogens with zero attached hydrogens (tertiary/aromatic N) is 4. The van der Waals surface area contributed by atoms with Gasteiger partial charge in [0.25, 0.3) is 0 Å². The molecule has 0 amide bonds. The molecule has 0 unspecified atom stereocenters. The van der Waals surface area contributed by atoms with E-state index in [1.807, 2.05) is 12.3 Å². The normalized spacial score (nSPS) is 21.8. The zero-order valence-electron chi connectivity index (χ0n) is 12.2. The number of H-pyrrole nitrogens is 1. The van der Waals surface area contributed by atoms with E-state index < -0.39 is 0 Å². The van der Waals surface area contributed by atoms with Gasteiger partial charge in [-0.2, -0.15) is 10.1 Å². The zero-order chi connectivity index (χ0) is 14.2. The molecule has 1 saturated carbocycles. The molecule has 3 heterocycles. The van der Waals surface area contributed by atoms with Crippen molar-refractivity contribution in [3.63, 3.8) is 0 Å². The van der Waals surface area contributed by atoms with Gasteiger partial charge in [0, 0.05) is 37.0 Å². The Morgan fingerprint density at radius 1 is 1.29 bits per heavy atom. The number of aromatic nitrogens is 4. The average molecular weight is 284 g/mol. The van der Waals surface area contributed by atoms with Gasteiger partial charge >= 0.3 is 0 Å². The van der Waals surface area contributed by atoms with Crippen molar-refractivity contribution in [2.45, 2.75) is 32.1 Å². The van der Waals surface area contributed by atoms with Crippen molar-refractivity contribution >= 4 is 17.6 Å². The van der Waals surface area contributed by atoms with E-state index >= 15 is 0 Å². The second kappa shape index (κ2) is 5.02. The molecule has 2 N–H and O–H groups in total. The Morgan fingerprint density at radius 2 is 2.19 bits per heavy atom. The van der Waals surface area contributed by atoms with Crippen LogP contribution >= 0.6 is 0 Å². The van der Waals surface area contributed by atoms with Crippen molar-refractivity contribution in [1.29, 1.82) is 0 Å². The van der Waals surface area contributed by atoms with Crippen LogP contribution in [0.3, 0.4) is 0 Å². The van der Waals surface area contributed by atoms with E-state index in [-0.39, 0.29) is 0 Å². The molecule has 1 saturated heterocycles. The third-order valence-corrected chi connectivity index (χ3v) is 4.22. The predicted molar refractivity (Wildman–Crippen MR) is 81.9 cm³/mol. The number of aromatic amines is 1. The largest absolute Gasteiger partial charge is 0.340 e. The summed E-state index contributed by atoms with van der Waals surface area (Å²) in [6, 6.07) is 3.96. The van der Waals surface area contributed by atoms with Crippen molar-refractivity contribution in [3.8, 4) is 0 Å². The topological polar surface area (TPSA) is 69.7 Å². The minimum atomic E-state index is 0.681. The Bertz CT molecular complexity index is 633. The lowest BCUT2D eigenvalue weighted by Gasteiger charge is -2.16. The van der Waals surface area contributed by atoms with Gasteiger partial charge in [0.2, 0.25) is 5.95 Å². The van der Waals surface area contributed by atoms with Gasteiger partial charge in [0.15, 0.2) is 5.82 Å². The van der Waals surface area contributed by atoms with Crippen molar-refractivity contribution in [3.05, 3.63) is 24.0 Å². The van der Waals surface area contributed by atoms with Gasteiger partial charge in [0.1, 0.15) is 5.82 Å². The summed E-state index contributed by atoms with van der Waals surface area (Å²) in [4.78, 5) is 11.2. The first-order chi connectivity index (χ1) is 10.3. The minimum Gasteiger partial charge on any atom is -0.340 e. The third-order valence-electron chi connectivity index (χ3n) is 4.22. The SMILES string of the molecule is C[C@@H]1CCN(c2nccc(Nc3cc(C4CC4)[nH]n3)n2)C1. The van der Waals surface area contributed by atoms with Gasteiger partial charge in [0.05, 0.1) is 0 Å². The zero-order valence-corrected chi connectivity index (χ0v) is 12.2. The lowest BCUT2D eigenvalue weighted by atomic mass is 10.2. The third kappa shape index (κ3) is 2.70. The Morgan fingerprint density at radius 3 is 2.95 bits per heavy atom. The minimum absolute atomic E-state index is 0.681. The van der Waals surface area contributed by atoms with Crippen LogP contribution in [0.2, 0.25) is 0 Å². The standard InChI is InChI=1S/C15H20N6/c1-10-5-7-21(9-10)15-16-6-4-13(18-15)17-14-8-12(19-20-14)11-2-3-11/h4,6,8,10-11H,2-3,5,7,9H2,1H3,(H2,16,17,18,19,20)/t10-/m1/s1.